The smallest absolute Gasteiger partial charge is 0.253 e. The molecule has 21 heavy (non-hydrogen) atoms. The number of ether oxygens (including phenoxy) is 1. The van der Waals surface area contributed by atoms with E-state index in [9.17, 15) is 4.79 Å². The molecule has 4 nitrogen and oxygen atoms in total. The van der Waals surface area contributed by atoms with Crippen molar-refractivity contribution in [2.24, 2.45) is 5.92 Å². The highest BCUT2D eigenvalue weighted by atomic mass is 16.5. The van der Waals surface area contributed by atoms with E-state index in [-0.39, 0.29) is 12.0 Å². The molecule has 0 spiro atoms. The molecule has 1 aliphatic rings. The van der Waals surface area contributed by atoms with Crippen molar-refractivity contribution in [2.45, 2.75) is 32.8 Å². The van der Waals surface area contributed by atoms with Gasteiger partial charge in [0.1, 0.15) is 5.75 Å². The Kier molecular flexibility index (Phi) is 5.62. The molecule has 1 fully saturated rings. The molecule has 0 aromatic heterocycles. The molecule has 1 aromatic rings. The van der Waals surface area contributed by atoms with Crippen LogP contribution in [-0.2, 0) is 0 Å². The summed E-state index contributed by atoms with van der Waals surface area (Å²) >= 11 is 0. The number of nitrogens with one attached hydrogen (secondary N) is 1. The number of amides is 1. The van der Waals surface area contributed by atoms with Crippen molar-refractivity contribution < 1.29 is 9.53 Å². The second kappa shape index (κ2) is 7.46. The number of carbonyl (C=O) groups is 1. The summed E-state index contributed by atoms with van der Waals surface area (Å²) in [7, 11) is 1.89. The quantitative estimate of drug-likeness (QED) is 0.906. The van der Waals surface area contributed by atoms with Gasteiger partial charge in [-0.15, -0.1) is 0 Å². The molecule has 1 saturated heterocycles. The minimum Gasteiger partial charge on any atom is -0.491 e. The van der Waals surface area contributed by atoms with Gasteiger partial charge in [-0.05, 0) is 63.9 Å². The number of carbonyl (C=O) groups excluding carboxylic acids is 1. The summed E-state index contributed by atoms with van der Waals surface area (Å²) in [6.45, 7) is 6.92. The van der Waals surface area contributed by atoms with E-state index in [1.807, 2.05) is 50.1 Å². The Bertz CT molecular complexity index is 468. The van der Waals surface area contributed by atoms with Gasteiger partial charge in [0.25, 0.3) is 5.91 Å². The second-order valence-corrected chi connectivity index (χ2v) is 6.07. The standard InChI is InChI=1S/C17H26N2O2/c1-13(2)21-16-6-4-5-15(11-16)17(20)19(3)12-14-7-9-18-10-8-14/h4-6,11,13-14,18H,7-10,12H2,1-3H3. The van der Waals surface area contributed by atoms with E-state index in [1.165, 1.54) is 0 Å². The van der Waals surface area contributed by atoms with E-state index in [2.05, 4.69) is 5.32 Å². The van der Waals surface area contributed by atoms with E-state index >= 15 is 0 Å². The Morgan fingerprint density at radius 3 is 2.76 bits per heavy atom. The highest BCUT2D eigenvalue weighted by Gasteiger charge is 2.19. The summed E-state index contributed by atoms with van der Waals surface area (Å²) in [6, 6.07) is 7.46. The van der Waals surface area contributed by atoms with Crippen LogP contribution in [0.4, 0.5) is 0 Å². The van der Waals surface area contributed by atoms with Crippen molar-refractivity contribution in [3.05, 3.63) is 29.8 Å². The third-order valence-corrected chi connectivity index (χ3v) is 3.79. The molecule has 1 N–H and O–H groups in total. The molecule has 1 aliphatic heterocycles. The van der Waals surface area contributed by atoms with Gasteiger partial charge >= 0.3 is 0 Å². The molecule has 0 unspecified atom stereocenters. The van der Waals surface area contributed by atoms with Gasteiger partial charge in [-0.1, -0.05) is 6.07 Å². The van der Waals surface area contributed by atoms with Crippen molar-refractivity contribution in [2.75, 3.05) is 26.7 Å². The van der Waals surface area contributed by atoms with Crippen molar-refractivity contribution in [1.29, 1.82) is 0 Å². The van der Waals surface area contributed by atoms with E-state index in [0.717, 1.165) is 38.2 Å². The maximum atomic E-state index is 12.5. The van der Waals surface area contributed by atoms with E-state index in [4.69, 9.17) is 4.74 Å². The van der Waals surface area contributed by atoms with E-state index in [0.29, 0.717) is 11.5 Å². The first-order valence-electron chi connectivity index (χ1n) is 7.79. The summed E-state index contributed by atoms with van der Waals surface area (Å²) in [5.41, 5.74) is 0.699. The molecule has 4 heteroatoms. The van der Waals surface area contributed by atoms with Gasteiger partial charge < -0.3 is 15.0 Å². The van der Waals surface area contributed by atoms with Crippen LogP contribution < -0.4 is 10.1 Å². The second-order valence-electron chi connectivity index (χ2n) is 6.07. The van der Waals surface area contributed by atoms with Crippen LogP contribution in [0.3, 0.4) is 0 Å². The molecule has 0 aliphatic carbocycles. The predicted molar refractivity (Wildman–Crippen MR) is 84.8 cm³/mol. The topological polar surface area (TPSA) is 41.6 Å². The fourth-order valence-corrected chi connectivity index (χ4v) is 2.73. The van der Waals surface area contributed by atoms with Crippen molar-refractivity contribution in [3.8, 4) is 5.75 Å². The SMILES string of the molecule is CC(C)Oc1cccc(C(=O)N(C)CC2CCNCC2)c1. The van der Waals surface area contributed by atoms with Crippen LogP contribution in [0.2, 0.25) is 0 Å². The summed E-state index contributed by atoms with van der Waals surface area (Å²) in [5, 5.41) is 3.35. The van der Waals surface area contributed by atoms with Gasteiger partial charge in [-0.2, -0.15) is 0 Å². The average Bonchev–Trinajstić information content (AvgIpc) is 2.47. The maximum absolute atomic E-state index is 12.5. The first-order chi connectivity index (χ1) is 10.1. The van der Waals surface area contributed by atoms with Crippen LogP contribution in [0, 0.1) is 5.92 Å². The fourth-order valence-electron chi connectivity index (χ4n) is 2.73. The van der Waals surface area contributed by atoms with Gasteiger partial charge in [-0.25, -0.2) is 0 Å². The number of piperidine rings is 1. The first kappa shape index (κ1) is 15.8. The lowest BCUT2D eigenvalue weighted by Crippen LogP contribution is -2.37. The average molecular weight is 290 g/mol. The first-order valence-corrected chi connectivity index (χ1v) is 7.79. The van der Waals surface area contributed by atoms with E-state index < -0.39 is 0 Å². The zero-order valence-corrected chi connectivity index (χ0v) is 13.3. The molecular formula is C17H26N2O2. The number of nitrogens with zero attached hydrogens (tertiary/aromatic N) is 1. The lowest BCUT2D eigenvalue weighted by Gasteiger charge is -2.27. The predicted octanol–water partition coefficient (Wildman–Crippen LogP) is 2.55. The van der Waals surface area contributed by atoms with Crippen LogP contribution in [0.5, 0.6) is 5.75 Å². The normalized spacial score (nSPS) is 16.0. The minimum atomic E-state index is 0.0720. The highest BCUT2D eigenvalue weighted by molar-refractivity contribution is 5.94. The molecule has 0 saturated carbocycles. The molecule has 116 valence electrons. The zero-order valence-electron chi connectivity index (χ0n) is 13.3. The summed E-state index contributed by atoms with van der Waals surface area (Å²) in [4.78, 5) is 14.3. The molecule has 0 radical (unpaired) electrons. The number of hydrogen-bond acceptors (Lipinski definition) is 3. The van der Waals surface area contributed by atoms with Crippen molar-refractivity contribution >= 4 is 5.91 Å². The maximum Gasteiger partial charge on any atom is 0.253 e. The monoisotopic (exact) mass is 290 g/mol. The molecule has 1 heterocycles. The third-order valence-electron chi connectivity index (χ3n) is 3.79. The molecule has 0 bridgehead atoms. The van der Waals surface area contributed by atoms with Crippen LogP contribution in [-0.4, -0.2) is 43.6 Å². The molecule has 0 atom stereocenters. The zero-order chi connectivity index (χ0) is 15.2. The minimum absolute atomic E-state index is 0.0720. The Morgan fingerprint density at radius 2 is 2.10 bits per heavy atom. The van der Waals surface area contributed by atoms with Crippen LogP contribution in [0.25, 0.3) is 0 Å². The molecular weight excluding hydrogens is 264 g/mol. The molecule has 2 rings (SSSR count). The summed E-state index contributed by atoms with van der Waals surface area (Å²) < 4.78 is 5.66. The van der Waals surface area contributed by atoms with Gasteiger partial charge in [0.05, 0.1) is 6.10 Å². The van der Waals surface area contributed by atoms with Crippen molar-refractivity contribution in [3.63, 3.8) is 0 Å². The van der Waals surface area contributed by atoms with Crippen LogP contribution in [0.1, 0.15) is 37.0 Å². The molecule has 1 aromatic carbocycles. The van der Waals surface area contributed by atoms with E-state index in [1.54, 1.807) is 0 Å². The number of benzene rings is 1. The highest BCUT2D eigenvalue weighted by Crippen LogP contribution is 2.18. The number of rotatable bonds is 5. The van der Waals surface area contributed by atoms with Gasteiger partial charge in [0.2, 0.25) is 0 Å². The van der Waals surface area contributed by atoms with Crippen molar-refractivity contribution in [1.82, 2.24) is 10.2 Å². The summed E-state index contributed by atoms with van der Waals surface area (Å²) in [6.07, 6.45) is 2.41. The Labute approximate surface area is 127 Å². The van der Waals surface area contributed by atoms with Gasteiger partial charge in [0.15, 0.2) is 0 Å². The third kappa shape index (κ3) is 4.74. The lowest BCUT2D eigenvalue weighted by molar-refractivity contribution is 0.0762. The Hall–Kier alpha value is -1.55. The number of hydrogen-bond donors (Lipinski definition) is 1. The fraction of sp³-hybridized carbons (Fsp3) is 0.588. The summed E-state index contributed by atoms with van der Waals surface area (Å²) in [5.74, 6) is 1.43. The van der Waals surface area contributed by atoms with Gasteiger partial charge in [-0.3, -0.25) is 4.79 Å². The Morgan fingerprint density at radius 1 is 1.38 bits per heavy atom. The molecule has 1 amide bonds. The largest absolute Gasteiger partial charge is 0.491 e. The lowest BCUT2D eigenvalue weighted by atomic mass is 9.97. The van der Waals surface area contributed by atoms with Crippen LogP contribution >= 0.6 is 0 Å². The van der Waals surface area contributed by atoms with Gasteiger partial charge in [0, 0.05) is 19.2 Å². The van der Waals surface area contributed by atoms with Crippen LogP contribution in [0.15, 0.2) is 24.3 Å². The Balaban J connectivity index is 1.97.